The van der Waals surface area contributed by atoms with E-state index in [1.54, 1.807) is 17.3 Å². The molecule has 0 spiro atoms. The maximum Gasteiger partial charge on any atom is 0.410 e. The van der Waals surface area contributed by atoms with Gasteiger partial charge in [0.15, 0.2) is 0 Å². The van der Waals surface area contributed by atoms with Gasteiger partial charge in [-0.15, -0.1) is 0 Å². The summed E-state index contributed by atoms with van der Waals surface area (Å²) in [6, 6.07) is 14.0. The van der Waals surface area contributed by atoms with E-state index in [1.807, 2.05) is 68.2 Å². The number of rotatable bonds is 6. The average molecular weight is 527 g/mol. The van der Waals surface area contributed by atoms with Crippen LogP contribution in [0.1, 0.15) is 27.7 Å². The molecule has 0 aliphatic carbocycles. The molecule has 10 nitrogen and oxygen atoms in total. The lowest BCUT2D eigenvalue weighted by Gasteiger charge is -2.36. The first-order valence-electron chi connectivity index (χ1n) is 13.2. The topological polar surface area (TPSA) is 101 Å². The number of nitrogens with zero attached hydrogens (tertiary/aromatic N) is 7. The minimum absolute atomic E-state index is 0.251. The van der Waals surface area contributed by atoms with Gasteiger partial charge >= 0.3 is 6.09 Å². The molecule has 4 aromatic rings. The fourth-order valence-electron chi connectivity index (χ4n) is 4.41. The van der Waals surface area contributed by atoms with Crippen LogP contribution in [0.25, 0.3) is 22.5 Å². The molecule has 1 aliphatic rings. The minimum atomic E-state index is -0.487. The molecule has 0 unspecified atom stereocenters. The molecule has 4 heterocycles. The SMILES string of the molecule is CCn1cc(-c2ccnc(Nc3ccc(N4CCN(C(=O)OC(C)(C)C)CC4)cc3)n2)c(-c2cccnc2)n1. The maximum absolute atomic E-state index is 12.4. The molecule has 0 radical (unpaired) electrons. The lowest BCUT2D eigenvalue weighted by Crippen LogP contribution is -2.50. The van der Waals surface area contributed by atoms with E-state index in [0.717, 1.165) is 53.5 Å². The van der Waals surface area contributed by atoms with Gasteiger partial charge in [-0.05, 0) is 70.2 Å². The van der Waals surface area contributed by atoms with Gasteiger partial charge in [0.05, 0.1) is 5.69 Å². The van der Waals surface area contributed by atoms with Gasteiger partial charge in [-0.3, -0.25) is 9.67 Å². The molecule has 3 aromatic heterocycles. The molecule has 1 aromatic carbocycles. The van der Waals surface area contributed by atoms with Gasteiger partial charge in [0.2, 0.25) is 5.95 Å². The van der Waals surface area contributed by atoms with E-state index in [4.69, 9.17) is 14.8 Å². The Morgan fingerprint density at radius 2 is 1.79 bits per heavy atom. The van der Waals surface area contributed by atoms with Gasteiger partial charge in [0.1, 0.15) is 11.3 Å². The van der Waals surface area contributed by atoms with Crippen LogP contribution in [0.2, 0.25) is 0 Å². The standard InChI is InChI=1S/C29H34N8O2/c1-5-37-20-24(26(34-37)21-7-6-13-30-19-21)25-12-14-31-27(33-25)32-22-8-10-23(11-9-22)35-15-17-36(18-16-35)28(38)39-29(2,3)4/h6-14,19-20H,5,15-18H2,1-4H3,(H,31,32,33). The van der Waals surface area contributed by atoms with Crippen LogP contribution in [0.3, 0.4) is 0 Å². The summed E-state index contributed by atoms with van der Waals surface area (Å²) in [5.74, 6) is 0.507. The normalized spacial score (nSPS) is 13.8. The Hall–Kier alpha value is -4.47. The van der Waals surface area contributed by atoms with Crippen molar-refractivity contribution < 1.29 is 9.53 Å². The monoisotopic (exact) mass is 526 g/mol. The second-order valence-electron chi connectivity index (χ2n) is 10.4. The highest BCUT2D eigenvalue weighted by molar-refractivity contribution is 5.78. The minimum Gasteiger partial charge on any atom is -0.444 e. The summed E-state index contributed by atoms with van der Waals surface area (Å²) < 4.78 is 7.41. The average Bonchev–Trinajstić information content (AvgIpc) is 3.38. The molecule has 39 heavy (non-hydrogen) atoms. The number of carbonyl (C=O) groups excluding carboxylic acids is 1. The third-order valence-corrected chi connectivity index (χ3v) is 6.37. The molecule has 0 atom stereocenters. The number of hydrogen-bond donors (Lipinski definition) is 1. The van der Waals surface area contributed by atoms with E-state index in [9.17, 15) is 4.79 Å². The van der Waals surface area contributed by atoms with Gasteiger partial charge in [-0.1, -0.05) is 0 Å². The summed E-state index contributed by atoms with van der Waals surface area (Å²) in [4.78, 5) is 29.9. The Bertz CT molecular complexity index is 1410. The Kier molecular flexibility index (Phi) is 7.44. The first kappa shape index (κ1) is 26.1. The van der Waals surface area contributed by atoms with Crippen LogP contribution >= 0.6 is 0 Å². The summed E-state index contributed by atoms with van der Waals surface area (Å²) >= 11 is 0. The number of ether oxygens (including phenoxy) is 1. The van der Waals surface area contributed by atoms with Crippen molar-refractivity contribution in [2.75, 3.05) is 36.4 Å². The highest BCUT2D eigenvalue weighted by Crippen LogP contribution is 2.30. The van der Waals surface area contributed by atoms with E-state index < -0.39 is 5.60 Å². The summed E-state index contributed by atoms with van der Waals surface area (Å²) in [6.45, 7) is 11.2. The van der Waals surface area contributed by atoms with Crippen molar-refractivity contribution in [1.82, 2.24) is 29.6 Å². The number of amides is 1. The van der Waals surface area contributed by atoms with Crippen LogP contribution in [0.4, 0.5) is 22.1 Å². The highest BCUT2D eigenvalue weighted by atomic mass is 16.6. The molecule has 10 heteroatoms. The maximum atomic E-state index is 12.4. The second-order valence-corrected chi connectivity index (χ2v) is 10.4. The molecule has 1 saturated heterocycles. The molecular weight excluding hydrogens is 492 g/mol. The predicted molar refractivity (Wildman–Crippen MR) is 152 cm³/mol. The molecule has 1 N–H and O–H groups in total. The number of aryl methyl sites for hydroxylation is 1. The van der Waals surface area contributed by atoms with E-state index in [0.29, 0.717) is 19.0 Å². The number of nitrogens with one attached hydrogen (secondary N) is 1. The first-order valence-corrected chi connectivity index (χ1v) is 13.2. The lowest BCUT2D eigenvalue weighted by atomic mass is 10.1. The number of carbonyl (C=O) groups is 1. The van der Waals surface area contributed by atoms with Crippen LogP contribution in [-0.4, -0.2) is 67.5 Å². The Morgan fingerprint density at radius 1 is 1.03 bits per heavy atom. The zero-order valence-electron chi connectivity index (χ0n) is 22.8. The number of pyridine rings is 1. The molecule has 0 saturated carbocycles. The fraction of sp³-hybridized carbons (Fsp3) is 0.345. The molecule has 5 rings (SSSR count). The number of piperazine rings is 1. The van der Waals surface area contributed by atoms with E-state index in [1.165, 1.54) is 0 Å². The zero-order valence-corrected chi connectivity index (χ0v) is 22.8. The second kappa shape index (κ2) is 11.1. The van der Waals surface area contributed by atoms with Gasteiger partial charge in [-0.2, -0.15) is 5.10 Å². The summed E-state index contributed by atoms with van der Waals surface area (Å²) in [5, 5.41) is 8.05. The number of hydrogen-bond acceptors (Lipinski definition) is 8. The quantitative estimate of drug-likeness (QED) is 0.365. The highest BCUT2D eigenvalue weighted by Gasteiger charge is 2.26. The van der Waals surface area contributed by atoms with Crippen molar-refractivity contribution in [3.05, 3.63) is 67.3 Å². The lowest BCUT2D eigenvalue weighted by molar-refractivity contribution is 0.0240. The molecule has 0 bridgehead atoms. The molecule has 1 aliphatic heterocycles. The summed E-state index contributed by atoms with van der Waals surface area (Å²) in [7, 11) is 0. The van der Waals surface area contributed by atoms with Gasteiger partial charge < -0.3 is 19.9 Å². The fourth-order valence-corrected chi connectivity index (χ4v) is 4.41. The third kappa shape index (κ3) is 6.34. The van der Waals surface area contributed by atoms with Gasteiger partial charge in [0.25, 0.3) is 0 Å². The van der Waals surface area contributed by atoms with Crippen molar-refractivity contribution in [1.29, 1.82) is 0 Å². The van der Waals surface area contributed by atoms with Crippen LogP contribution in [0.5, 0.6) is 0 Å². The number of anilines is 3. The number of benzene rings is 1. The van der Waals surface area contributed by atoms with Crippen molar-refractivity contribution in [2.24, 2.45) is 0 Å². The van der Waals surface area contributed by atoms with Crippen molar-refractivity contribution >= 4 is 23.4 Å². The largest absolute Gasteiger partial charge is 0.444 e. The molecule has 1 fully saturated rings. The van der Waals surface area contributed by atoms with E-state index in [-0.39, 0.29) is 6.09 Å². The smallest absolute Gasteiger partial charge is 0.410 e. The molecule has 202 valence electrons. The van der Waals surface area contributed by atoms with Crippen molar-refractivity contribution in [2.45, 2.75) is 39.8 Å². The molecular formula is C29H34N8O2. The van der Waals surface area contributed by atoms with Gasteiger partial charge in [0, 0.05) is 80.0 Å². The predicted octanol–water partition coefficient (Wildman–Crippen LogP) is 5.22. The zero-order chi connectivity index (χ0) is 27.4. The van der Waals surface area contributed by atoms with Gasteiger partial charge in [-0.25, -0.2) is 14.8 Å². The Morgan fingerprint density at radius 3 is 2.46 bits per heavy atom. The van der Waals surface area contributed by atoms with Crippen molar-refractivity contribution in [3.63, 3.8) is 0 Å². The third-order valence-electron chi connectivity index (χ3n) is 6.37. The summed E-state index contributed by atoms with van der Waals surface area (Å²) in [5.41, 5.74) is 4.99. The van der Waals surface area contributed by atoms with Crippen LogP contribution in [0.15, 0.2) is 67.3 Å². The number of aromatic nitrogens is 5. The van der Waals surface area contributed by atoms with Crippen molar-refractivity contribution in [3.8, 4) is 22.5 Å². The van der Waals surface area contributed by atoms with Crippen LogP contribution < -0.4 is 10.2 Å². The Balaban J connectivity index is 1.25. The van der Waals surface area contributed by atoms with E-state index >= 15 is 0 Å². The van der Waals surface area contributed by atoms with E-state index in [2.05, 4.69) is 39.2 Å². The van der Waals surface area contributed by atoms with Crippen LogP contribution in [0, 0.1) is 0 Å². The summed E-state index contributed by atoms with van der Waals surface area (Å²) in [6.07, 6.45) is 7.07. The van der Waals surface area contributed by atoms with Crippen LogP contribution in [-0.2, 0) is 11.3 Å². The Labute approximate surface area is 228 Å². The molecule has 1 amide bonds. The first-order chi connectivity index (χ1) is 18.8.